The number of hydrogen-bond acceptors (Lipinski definition) is 1. The first kappa shape index (κ1) is 10.7. The molecule has 1 aliphatic heterocycles. The van der Waals surface area contributed by atoms with Crippen molar-refractivity contribution in [2.75, 3.05) is 0 Å². The highest BCUT2D eigenvalue weighted by molar-refractivity contribution is 5.25. The molecule has 0 radical (unpaired) electrons. The van der Waals surface area contributed by atoms with Crippen LogP contribution in [0, 0.1) is 0 Å². The van der Waals surface area contributed by atoms with E-state index < -0.39 is 0 Å². The molecule has 0 aromatic heterocycles. The Labute approximate surface area is 92.9 Å². The maximum Gasteiger partial charge on any atom is 0.0322 e. The zero-order chi connectivity index (χ0) is 10.7. The van der Waals surface area contributed by atoms with Gasteiger partial charge in [0, 0.05) is 12.1 Å². The molecular weight excluding hydrogens is 182 g/mol. The summed E-state index contributed by atoms with van der Waals surface area (Å²) in [5.41, 5.74) is 2.89. The molecule has 2 rings (SSSR count). The van der Waals surface area contributed by atoms with Crippen LogP contribution in [0.4, 0.5) is 0 Å². The minimum absolute atomic E-state index is 0.583. The van der Waals surface area contributed by atoms with E-state index in [0.29, 0.717) is 12.1 Å². The first-order chi connectivity index (χ1) is 7.29. The summed E-state index contributed by atoms with van der Waals surface area (Å²) < 4.78 is 0. The molecule has 1 heterocycles. The van der Waals surface area contributed by atoms with Crippen molar-refractivity contribution in [1.82, 2.24) is 5.32 Å². The molecule has 0 bridgehead atoms. The molecule has 1 N–H and O–H groups in total. The van der Waals surface area contributed by atoms with Crippen molar-refractivity contribution >= 4 is 0 Å². The zero-order valence-corrected chi connectivity index (χ0v) is 9.79. The van der Waals surface area contributed by atoms with Crippen LogP contribution in [-0.2, 0) is 6.42 Å². The SMILES string of the molecule is CCc1ccc(C2CCCC(C)N2)cc1. The summed E-state index contributed by atoms with van der Waals surface area (Å²) in [6.07, 6.45) is 5.10. The Hall–Kier alpha value is -0.820. The Kier molecular flexibility index (Phi) is 3.42. The van der Waals surface area contributed by atoms with Gasteiger partial charge in [0.15, 0.2) is 0 Å². The fourth-order valence-corrected chi connectivity index (χ4v) is 2.39. The summed E-state index contributed by atoms with van der Waals surface area (Å²) in [6.45, 7) is 4.49. The Morgan fingerprint density at radius 1 is 1.20 bits per heavy atom. The van der Waals surface area contributed by atoms with Crippen LogP contribution < -0.4 is 5.32 Å². The number of benzene rings is 1. The first-order valence-corrected chi connectivity index (χ1v) is 6.14. The van der Waals surface area contributed by atoms with E-state index in [0.717, 1.165) is 6.42 Å². The lowest BCUT2D eigenvalue weighted by atomic mass is 9.93. The van der Waals surface area contributed by atoms with Crippen LogP contribution in [0.25, 0.3) is 0 Å². The molecule has 1 aromatic rings. The number of nitrogens with one attached hydrogen (secondary N) is 1. The highest BCUT2D eigenvalue weighted by atomic mass is 15.0. The van der Waals surface area contributed by atoms with E-state index in [1.807, 2.05) is 0 Å². The summed E-state index contributed by atoms with van der Waals surface area (Å²) in [4.78, 5) is 0. The van der Waals surface area contributed by atoms with Crippen molar-refractivity contribution in [2.45, 2.75) is 51.6 Å². The third kappa shape index (κ3) is 2.60. The molecule has 1 heteroatoms. The van der Waals surface area contributed by atoms with Crippen molar-refractivity contribution in [3.8, 4) is 0 Å². The molecule has 1 saturated heterocycles. The Balaban J connectivity index is 2.07. The van der Waals surface area contributed by atoms with Crippen LogP contribution >= 0.6 is 0 Å². The van der Waals surface area contributed by atoms with E-state index >= 15 is 0 Å². The van der Waals surface area contributed by atoms with Gasteiger partial charge in [-0.3, -0.25) is 0 Å². The highest BCUT2D eigenvalue weighted by Gasteiger charge is 2.18. The van der Waals surface area contributed by atoms with E-state index in [9.17, 15) is 0 Å². The van der Waals surface area contributed by atoms with Gasteiger partial charge in [-0.1, -0.05) is 37.6 Å². The van der Waals surface area contributed by atoms with Crippen molar-refractivity contribution in [3.63, 3.8) is 0 Å². The zero-order valence-electron chi connectivity index (χ0n) is 9.79. The molecule has 0 amide bonds. The topological polar surface area (TPSA) is 12.0 Å². The van der Waals surface area contributed by atoms with Gasteiger partial charge >= 0.3 is 0 Å². The quantitative estimate of drug-likeness (QED) is 0.776. The number of rotatable bonds is 2. The van der Waals surface area contributed by atoms with Gasteiger partial charge in [-0.2, -0.15) is 0 Å². The van der Waals surface area contributed by atoms with Crippen molar-refractivity contribution in [3.05, 3.63) is 35.4 Å². The van der Waals surface area contributed by atoms with Gasteiger partial charge in [-0.05, 0) is 37.3 Å². The fraction of sp³-hybridized carbons (Fsp3) is 0.571. The van der Waals surface area contributed by atoms with E-state index in [-0.39, 0.29) is 0 Å². The second kappa shape index (κ2) is 4.80. The van der Waals surface area contributed by atoms with Gasteiger partial charge in [0.1, 0.15) is 0 Å². The van der Waals surface area contributed by atoms with Gasteiger partial charge in [-0.15, -0.1) is 0 Å². The van der Waals surface area contributed by atoms with Crippen LogP contribution in [0.3, 0.4) is 0 Å². The lowest BCUT2D eigenvalue weighted by Crippen LogP contribution is -2.34. The molecule has 1 aromatic carbocycles. The Bertz CT molecular complexity index is 302. The molecule has 1 fully saturated rings. The van der Waals surface area contributed by atoms with Gasteiger partial charge in [0.2, 0.25) is 0 Å². The van der Waals surface area contributed by atoms with E-state index in [1.165, 1.54) is 30.4 Å². The van der Waals surface area contributed by atoms with Crippen molar-refractivity contribution < 1.29 is 0 Å². The molecule has 15 heavy (non-hydrogen) atoms. The average molecular weight is 203 g/mol. The third-order valence-corrected chi connectivity index (χ3v) is 3.41. The Morgan fingerprint density at radius 3 is 2.53 bits per heavy atom. The van der Waals surface area contributed by atoms with Crippen LogP contribution in [0.5, 0.6) is 0 Å². The molecular formula is C14H21N. The standard InChI is InChI=1S/C14H21N/c1-3-12-7-9-13(10-8-12)14-6-4-5-11(2)15-14/h7-11,14-15H,3-6H2,1-2H3. The first-order valence-electron chi connectivity index (χ1n) is 6.14. The van der Waals surface area contributed by atoms with Gasteiger partial charge < -0.3 is 5.32 Å². The minimum Gasteiger partial charge on any atom is -0.307 e. The normalized spacial score (nSPS) is 26.5. The highest BCUT2D eigenvalue weighted by Crippen LogP contribution is 2.25. The van der Waals surface area contributed by atoms with Crippen LogP contribution in [-0.4, -0.2) is 6.04 Å². The molecule has 2 unspecified atom stereocenters. The monoisotopic (exact) mass is 203 g/mol. The molecule has 2 atom stereocenters. The summed E-state index contributed by atoms with van der Waals surface area (Å²) in [5.74, 6) is 0. The summed E-state index contributed by atoms with van der Waals surface area (Å²) >= 11 is 0. The average Bonchev–Trinajstić information content (AvgIpc) is 2.29. The van der Waals surface area contributed by atoms with Crippen LogP contribution in [0.2, 0.25) is 0 Å². The number of hydrogen-bond donors (Lipinski definition) is 1. The molecule has 82 valence electrons. The summed E-state index contributed by atoms with van der Waals surface area (Å²) in [6, 6.07) is 10.4. The lowest BCUT2D eigenvalue weighted by molar-refractivity contribution is 0.341. The molecule has 0 spiro atoms. The van der Waals surface area contributed by atoms with E-state index in [1.54, 1.807) is 0 Å². The minimum atomic E-state index is 0.583. The molecule has 0 saturated carbocycles. The molecule has 1 nitrogen and oxygen atoms in total. The predicted octanol–water partition coefficient (Wildman–Crippen LogP) is 3.45. The second-order valence-electron chi connectivity index (χ2n) is 4.65. The molecule has 0 aliphatic carbocycles. The largest absolute Gasteiger partial charge is 0.307 e. The van der Waals surface area contributed by atoms with E-state index in [4.69, 9.17) is 0 Å². The summed E-state index contributed by atoms with van der Waals surface area (Å²) in [7, 11) is 0. The lowest BCUT2D eigenvalue weighted by Gasteiger charge is -2.29. The maximum absolute atomic E-state index is 3.67. The number of aryl methyl sites for hydroxylation is 1. The van der Waals surface area contributed by atoms with Crippen LogP contribution in [0.1, 0.15) is 50.3 Å². The van der Waals surface area contributed by atoms with Crippen molar-refractivity contribution in [1.29, 1.82) is 0 Å². The fourth-order valence-electron chi connectivity index (χ4n) is 2.39. The van der Waals surface area contributed by atoms with Gasteiger partial charge in [0.05, 0.1) is 0 Å². The van der Waals surface area contributed by atoms with Gasteiger partial charge in [-0.25, -0.2) is 0 Å². The summed E-state index contributed by atoms with van der Waals surface area (Å²) in [5, 5.41) is 3.67. The van der Waals surface area contributed by atoms with E-state index in [2.05, 4.69) is 43.4 Å². The maximum atomic E-state index is 3.67. The smallest absolute Gasteiger partial charge is 0.0322 e. The second-order valence-corrected chi connectivity index (χ2v) is 4.65. The molecule has 1 aliphatic rings. The predicted molar refractivity (Wildman–Crippen MR) is 65.0 cm³/mol. The number of piperidine rings is 1. The van der Waals surface area contributed by atoms with Crippen molar-refractivity contribution in [2.24, 2.45) is 0 Å². The third-order valence-electron chi connectivity index (χ3n) is 3.41. The Morgan fingerprint density at radius 2 is 1.93 bits per heavy atom. The van der Waals surface area contributed by atoms with Gasteiger partial charge in [0.25, 0.3) is 0 Å². The van der Waals surface area contributed by atoms with Crippen LogP contribution in [0.15, 0.2) is 24.3 Å².